The largest absolute Gasteiger partial charge is 0.351 e. The number of aryl methyl sites for hydroxylation is 3. The molecule has 3 nitrogen and oxygen atoms in total. The number of benzene rings is 1. The second kappa shape index (κ2) is 3.62. The Balaban J connectivity index is 2.43. The molecular weight excluding hydrogens is 212 g/mol. The summed E-state index contributed by atoms with van der Waals surface area (Å²) in [5.74, 6) is 0.0654. The molecule has 0 radical (unpaired) electrons. The minimum absolute atomic E-state index is 0.0654. The predicted molar refractivity (Wildman–Crippen MR) is 68.4 cm³/mol. The van der Waals surface area contributed by atoms with E-state index in [-0.39, 0.29) is 5.91 Å². The molecule has 0 bridgehead atoms. The fraction of sp³-hybridized carbons (Fsp3) is 0.357. The van der Waals surface area contributed by atoms with Crippen LogP contribution in [0.15, 0.2) is 18.2 Å². The maximum Gasteiger partial charge on any atom is 0.268 e. The minimum Gasteiger partial charge on any atom is -0.351 e. The SMILES string of the molecule is Cc1c2n(c3c(C)cccc13)CCCNC2=O. The molecule has 1 N–H and O–H groups in total. The Kier molecular flexibility index (Phi) is 2.21. The van der Waals surface area contributed by atoms with Gasteiger partial charge in [-0.3, -0.25) is 4.79 Å². The van der Waals surface area contributed by atoms with E-state index < -0.39 is 0 Å². The Labute approximate surface area is 100 Å². The van der Waals surface area contributed by atoms with Gasteiger partial charge in [-0.2, -0.15) is 0 Å². The maximum atomic E-state index is 12.1. The van der Waals surface area contributed by atoms with Gasteiger partial charge in [0.2, 0.25) is 0 Å². The van der Waals surface area contributed by atoms with Crippen LogP contribution in [-0.4, -0.2) is 17.0 Å². The summed E-state index contributed by atoms with van der Waals surface area (Å²) < 4.78 is 2.18. The maximum absolute atomic E-state index is 12.1. The lowest BCUT2D eigenvalue weighted by atomic mass is 10.1. The average molecular weight is 228 g/mol. The molecule has 0 aliphatic carbocycles. The number of nitrogens with one attached hydrogen (secondary N) is 1. The standard InChI is InChI=1S/C14H16N2O/c1-9-5-3-6-11-10(2)13-14(17)15-7-4-8-16(13)12(9)11/h3,5-6H,4,7-8H2,1-2H3,(H,15,17). The molecule has 0 fully saturated rings. The van der Waals surface area contributed by atoms with Gasteiger partial charge in [0.25, 0.3) is 5.91 Å². The second-order valence-electron chi connectivity index (χ2n) is 4.71. The Morgan fingerprint density at radius 3 is 2.94 bits per heavy atom. The third-order valence-electron chi connectivity index (χ3n) is 3.60. The summed E-state index contributed by atoms with van der Waals surface area (Å²) in [5.41, 5.74) is 4.40. The molecule has 2 heterocycles. The van der Waals surface area contributed by atoms with Gasteiger partial charge in [0.05, 0.1) is 5.52 Å². The number of nitrogens with zero attached hydrogens (tertiary/aromatic N) is 1. The highest BCUT2D eigenvalue weighted by Gasteiger charge is 2.22. The number of para-hydroxylation sites is 1. The van der Waals surface area contributed by atoms with E-state index in [1.165, 1.54) is 16.5 Å². The molecule has 0 saturated carbocycles. The number of hydrogen-bond donors (Lipinski definition) is 1. The number of carbonyl (C=O) groups excluding carboxylic acids is 1. The van der Waals surface area contributed by atoms with Gasteiger partial charge < -0.3 is 9.88 Å². The lowest BCUT2D eigenvalue weighted by Gasteiger charge is -2.06. The van der Waals surface area contributed by atoms with E-state index in [9.17, 15) is 4.79 Å². The molecule has 17 heavy (non-hydrogen) atoms. The molecule has 0 spiro atoms. The van der Waals surface area contributed by atoms with Crippen LogP contribution in [0.1, 0.15) is 28.0 Å². The van der Waals surface area contributed by atoms with Crippen LogP contribution >= 0.6 is 0 Å². The molecule has 0 atom stereocenters. The topological polar surface area (TPSA) is 34.0 Å². The van der Waals surface area contributed by atoms with Crippen molar-refractivity contribution < 1.29 is 4.79 Å². The zero-order chi connectivity index (χ0) is 12.0. The summed E-state index contributed by atoms with van der Waals surface area (Å²) in [7, 11) is 0. The first-order valence-corrected chi connectivity index (χ1v) is 6.07. The van der Waals surface area contributed by atoms with Gasteiger partial charge in [0.15, 0.2) is 0 Å². The number of aromatic nitrogens is 1. The number of fused-ring (bicyclic) bond motifs is 3. The van der Waals surface area contributed by atoms with Gasteiger partial charge in [0.1, 0.15) is 5.69 Å². The van der Waals surface area contributed by atoms with E-state index in [1.54, 1.807) is 0 Å². The summed E-state index contributed by atoms with van der Waals surface area (Å²) >= 11 is 0. The van der Waals surface area contributed by atoms with Gasteiger partial charge in [-0.15, -0.1) is 0 Å². The van der Waals surface area contributed by atoms with Gasteiger partial charge in [0, 0.05) is 18.5 Å². The Morgan fingerprint density at radius 2 is 2.12 bits per heavy atom. The summed E-state index contributed by atoms with van der Waals surface area (Å²) in [4.78, 5) is 12.1. The lowest BCUT2D eigenvalue weighted by molar-refractivity contribution is 0.0951. The van der Waals surface area contributed by atoms with Crippen molar-refractivity contribution in [1.29, 1.82) is 0 Å². The van der Waals surface area contributed by atoms with E-state index in [1.807, 2.05) is 6.92 Å². The monoisotopic (exact) mass is 228 g/mol. The van der Waals surface area contributed by atoms with Crippen LogP contribution in [-0.2, 0) is 6.54 Å². The van der Waals surface area contributed by atoms with E-state index in [4.69, 9.17) is 0 Å². The average Bonchev–Trinajstić information content (AvgIpc) is 2.47. The van der Waals surface area contributed by atoms with E-state index >= 15 is 0 Å². The predicted octanol–water partition coefficient (Wildman–Crippen LogP) is 2.39. The minimum atomic E-state index is 0.0654. The van der Waals surface area contributed by atoms with Gasteiger partial charge in [-0.25, -0.2) is 0 Å². The normalized spacial score (nSPS) is 15.5. The molecule has 1 amide bonds. The summed E-state index contributed by atoms with van der Waals surface area (Å²) in [5, 5.41) is 4.17. The number of amides is 1. The quantitative estimate of drug-likeness (QED) is 0.738. The molecule has 2 aromatic rings. The van der Waals surface area contributed by atoms with Crippen molar-refractivity contribution in [2.24, 2.45) is 0 Å². The Morgan fingerprint density at radius 1 is 1.29 bits per heavy atom. The van der Waals surface area contributed by atoms with Crippen LogP contribution in [0.3, 0.4) is 0 Å². The molecule has 3 heteroatoms. The zero-order valence-electron chi connectivity index (χ0n) is 10.2. The van der Waals surface area contributed by atoms with Gasteiger partial charge in [-0.1, -0.05) is 18.2 Å². The van der Waals surface area contributed by atoms with Crippen molar-refractivity contribution in [3.05, 3.63) is 35.0 Å². The third kappa shape index (κ3) is 1.38. The third-order valence-corrected chi connectivity index (χ3v) is 3.60. The van der Waals surface area contributed by atoms with Crippen molar-refractivity contribution in [3.8, 4) is 0 Å². The fourth-order valence-electron chi connectivity index (χ4n) is 2.80. The first-order chi connectivity index (χ1) is 8.20. The van der Waals surface area contributed by atoms with Gasteiger partial charge in [-0.05, 0) is 31.4 Å². The highest BCUT2D eigenvalue weighted by Crippen LogP contribution is 2.29. The van der Waals surface area contributed by atoms with Crippen LogP contribution < -0.4 is 5.32 Å². The fourth-order valence-corrected chi connectivity index (χ4v) is 2.80. The van der Waals surface area contributed by atoms with Crippen molar-refractivity contribution >= 4 is 16.8 Å². The van der Waals surface area contributed by atoms with Crippen molar-refractivity contribution in [1.82, 2.24) is 9.88 Å². The first kappa shape index (κ1) is 10.4. The Bertz CT molecular complexity index is 610. The highest BCUT2D eigenvalue weighted by atomic mass is 16.2. The summed E-state index contributed by atoms with van der Waals surface area (Å²) in [6, 6.07) is 6.27. The molecule has 0 unspecified atom stereocenters. The van der Waals surface area contributed by atoms with E-state index in [0.717, 1.165) is 30.8 Å². The number of carbonyl (C=O) groups is 1. The summed E-state index contributed by atoms with van der Waals surface area (Å²) in [6.07, 6.45) is 0.996. The molecule has 1 aliphatic heterocycles. The van der Waals surface area contributed by atoms with Crippen LogP contribution in [0.25, 0.3) is 10.9 Å². The van der Waals surface area contributed by atoms with Crippen LogP contribution in [0, 0.1) is 13.8 Å². The Hall–Kier alpha value is -1.77. The number of rotatable bonds is 0. The molecule has 0 saturated heterocycles. The van der Waals surface area contributed by atoms with Crippen LogP contribution in [0.5, 0.6) is 0 Å². The van der Waals surface area contributed by atoms with Crippen molar-refractivity contribution in [3.63, 3.8) is 0 Å². The smallest absolute Gasteiger partial charge is 0.268 e. The lowest BCUT2D eigenvalue weighted by Crippen LogP contribution is -2.23. The molecule has 1 aliphatic rings. The molecule has 1 aromatic carbocycles. The van der Waals surface area contributed by atoms with Crippen molar-refractivity contribution in [2.75, 3.05) is 6.54 Å². The molecular formula is C14H16N2O. The van der Waals surface area contributed by atoms with Gasteiger partial charge >= 0.3 is 0 Å². The van der Waals surface area contributed by atoms with E-state index in [2.05, 4.69) is 35.0 Å². The second-order valence-corrected chi connectivity index (χ2v) is 4.71. The molecule has 3 rings (SSSR count). The summed E-state index contributed by atoms with van der Waals surface area (Å²) in [6.45, 7) is 5.84. The molecule has 88 valence electrons. The molecule has 1 aromatic heterocycles. The number of hydrogen-bond acceptors (Lipinski definition) is 1. The zero-order valence-corrected chi connectivity index (χ0v) is 10.2. The van der Waals surface area contributed by atoms with Crippen LogP contribution in [0.2, 0.25) is 0 Å². The van der Waals surface area contributed by atoms with Crippen LogP contribution in [0.4, 0.5) is 0 Å². The highest BCUT2D eigenvalue weighted by molar-refractivity contribution is 6.02. The first-order valence-electron chi connectivity index (χ1n) is 6.07. The van der Waals surface area contributed by atoms with Crippen molar-refractivity contribution in [2.45, 2.75) is 26.8 Å². The van der Waals surface area contributed by atoms with E-state index in [0.29, 0.717) is 0 Å².